The molecular formula is C59H41BN3O2Pt+. The van der Waals surface area contributed by atoms with Crippen molar-refractivity contribution in [2.45, 2.75) is 26.2 Å². The molecule has 0 aliphatic carbocycles. The zero-order chi connectivity index (χ0) is 52.4. The molecule has 12 rings (SSSR count). The topological polar surface area (TPSA) is 30.5 Å². The Morgan fingerprint density at radius 1 is 0.652 bits per heavy atom. The van der Waals surface area contributed by atoms with E-state index in [1.54, 1.807) is 33.4 Å². The van der Waals surface area contributed by atoms with Crippen molar-refractivity contribution < 1.29 is 48.8 Å². The summed E-state index contributed by atoms with van der Waals surface area (Å²) in [6.45, 7) is 6.39. The fourth-order valence-electron chi connectivity index (χ4n) is 8.99. The second-order valence-corrected chi connectivity index (χ2v) is 16.9. The van der Waals surface area contributed by atoms with Crippen LogP contribution >= 0.6 is 0 Å². The Labute approximate surface area is 414 Å². The molecule has 10 aromatic rings. The molecule has 2 aliphatic heterocycles. The number of benzene rings is 9. The third-order valence-electron chi connectivity index (χ3n) is 12.0. The van der Waals surface area contributed by atoms with Gasteiger partial charge in [-0.15, -0.1) is 35.8 Å². The summed E-state index contributed by atoms with van der Waals surface area (Å²) in [7, 11) is 0. The van der Waals surface area contributed by atoms with Gasteiger partial charge in [0, 0.05) is 17.2 Å². The normalized spacial score (nSPS) is 14.5. The first-order valence-electron chi connectivity index (χ1n) is 26.2. The van der Waals surface area contributed by atoms with Crippen LogP contribution in [-0.2, 0) is 26.5 Å². The fraction of sp³-hybridized carbons (Fsp3) is 0.0678. The molecule has 0 unspecified atom stereocenters. The molecule has 0 radical (unpaired) electrons. The maximum absolute atomic E-state index is 9.05. The number of imidazole rings is 1. The Kier molecular flexibility index (Phi) is 7.89. The molecule has 0 N–H and O–H groups in total. The number of fused-ring (bicyclic) bond motifs is 5. The predicted octanol–water partition coefficient (Wildman–Crippen LogP) is 11.9. The summed E-state index contributed by atoms with van der Waals surface area (Å²) in [5.41, 5.74) is 8.44. The van der Waals surface area contributed by atoms with Crippen molar-refractivity contribution in [2.75, 3.05) is 4.90 Å². The van der Waals surface area contributed by atoms with Crippen LogP contribution in [0.1, 0.15) is 40.0 Å². The van der Waals surface area contributed by atoms with Crippen molar-refractivity contribution >= 4 is 51.2 Å². The zero-order valence-electron chi connectivity index (χ0n) is 45.8. The first-order chi connectivity index (χ1) is 36.0. The summed E-state index contributed by atoms with van der Waals surface area (Å²) >= 11 is 0. The van der Waals surface area contributed by atoms with Crippen LogP contribution in [-0.4, -0.2) is 11.3 Å². The maximum Gasteiger partial charge on any atom is 4.00 e. The molecule has 0 fully saturated rings. The minimum atomic E-state index is -0.575. The third kappa shape index (κ3) is 7.05. The molecule has 316 valence electrons. The van der Waals surface area contributed by atoms with E-state index in [0.29, 0.717) is 28.2 Å². The summed E-state index contributed by atoms with van der Waals surface area (Å²) in [6.07, 6.45) is 3.42. The summed E-state index contributed by atoms with van der Waals surface area (Å²) in [4.78, 5) is 2.17. The van der Waals surface area contributed by atoms with Gasteiger partial charge in [-0.2, -0.15) is 42.0 Å². The number of hydrogen-bond acceptors (Lipinski definition) is 3. The predicted molar refractivity (Wildman–Crippen MR) is 262 cm³/mol. The van der Waals surface area contributed by atoms with E-state index in [2.05, 4.69) is 80.5 Å². The first kappa shape index (κ1) is 31.5. The van der Waals surface area contributed by atoms with Crippen molar-refractivity contribution in [1.29, 1.82) is 0 Å². The van der Waals surface area contributed by atoms with Gasteiger partial charge < -0.3 is 18.9 Å². The van der Waals surface area contributed by atoms with Gasteiger partial charge >= 0.3 is 21.1 Å². The minimum Gasteiger partial charge on any atom is -0.510 e. The van der Waals surface area contributed by atoms with Gasteiger partial charge in [0.15, 0.2) is 6.71 Å². The van der Waals surface area contributed by atoms with Crippen molar-refractivity contribution in [3.8, 4) is 56.6 Å². The third-order valence-corrected chi connectivity index (χ3v) is 12.0. The largest absolute Gasteiger partial charge is 4.00 e. The second-order valence-electron chi connectivity index (χ2n) is 16.9. The average Bonchev–Trinajstić information content (AvgIpc) is 3.81. The fourth-order valence-corrected chi connectivity index (χ4v) is 8.99. The van der Waals surface area contributed by atoms with Crippen LogP contribution in [0.15, 0.2) is 194 Å². The van der Waals surface area contributed by atoms with Gasteiger partial charge in [-0.05, 0) is 62.5 Å². The van der Waals surface area contributed by atoms with E-state index >= 15 is 0 Å². The van der Waals surface area contributed by atoms with Crippen molar-refractivity contribution in [1.82, 2.24) is 4.57 Å². The Morgan fingerprint density at radius 2 is 1.33 bits per heavy atom. The van der Waals surface area contributed by atoms with Crippen LogP contribution in [0.4, 0.5) is 17.1 Å². The molecular weight excluding hydrogens is 989 g/mol. The Balaban J connectivity index is 0.00000616. The molecule has 9 aromatic carbocycles. The van der Waals surface area contributed by atoms with Crippen LogP contribution < -0.4 is 35.3 Å². The van der Waals surface area contributed by atoms with Gasteiger partial charge in [-0.1, -0.05) is 159 Å². The Bertz CT molecular complexity index is 3920. The quantitative estimate of drug-likeness (QED) is 0.0905. The number of anilines is 3. The molecule has 0 saturated heterocycles. The monoisotopic (exact) mass is 1040 g/mol. The molecule has 0 saturated carbocycles. The van der Waals surface area contributed by atoms with Gasteiger partial charge in [-0.25, -0.2) is 0 Å². The standard InChI is InChI=1S/C59H41BN3O2.Pt/c1-59(2,3)42-22-14-24-44(36-42)63-53-31-17-33-56-57(53)60(50-28-10-13-32-55(50)65-56)49-35-34-46(38-54(49)63)64-45-25-15-23-43(37-45)61-39-62(52-30-12-11-29-51(52)61)58-47(40-18-6-4-7-19-40)26-16-27-48(58)41-20-8-5-9-21-41;/h4-23,25-36H,1-3H3;/q-3;+4/i4D,5D,6D,7D,8D,9D,18D,19D,20D,21D;. The van der Waals surface area contributed by atoms with Crippen LogP contribution in [0.2, 0.25) is 0 Å². The molecule has 0 atom stereocenters. The van der Waals surface area contributed by atoms with Crippen LogP contribution in [0.25, 0.3) is 44.7 Å². The minimum absolute atomic E-state index is 0. The average molecular weight is 1040 g/mol. The molecule has 1 aromatic heterocycles. The summed E-state index contributed by atoms with van der Waals surface area (Å²) in [6, 6.07) is 47.2. The SMILES string of the molecule is [2H]c1c([2H])c([2H])c(-c2cccc(-c3c([2H])c([2H])c([2H])c([2H])c3[2H])c2-[n+]2[c-]n(-c3[c-]c(Oc4[c-]c5c(cc4)B4c6ccccc6Oc6cccc(c64)N5c4[c-]ccc(C(C)(C)C)c4)ccc3)c3ccccc32)c([2H])c1[2H].[Pt+4]. The summed E-state index contributed by atoms with van der Waals surface area (Å²) < 4.78 is 104. The molecule has 2 aliphatic rings. The molecule has 66 heavy (non-hydrogen) atoms. The van der Waals surface area contributed by atoms with Crippen molar-refractivity contribution in [3.63, 3.8) is 0 Å². The van der Waals surface area contributed by atoms with E-state index in [1.165, 1.54) is 0 Å². The molecule has 7 heteroatoms. The maximum atomic E-state index is 9.05. The van der Waals surface area contributed by atoms with Gasteiger partial charge in [0.2, 0.25) is 0 Å². The van der Waals surface area contributed by atoms with E-state index in [0.717, 1.165) is 50.5 Å². The van der Waals surface area contributed by atoms with Gasteiger partial charge in [0.05, 0.1) is 30.4 Å². The molecule has 0 bridgehead atoms. The summed E-state index contributed by atoms with van der Waals surface area (Å²) in [5, 5.41) is 0. The molecule has 5 nitrogen and oxygen atoms in total. The van der Waals surface area contributed by atoms with E-state index in [4.69, 9.17) is 23.2 Å². The number of rotatable bonds is 7. The number of ether oxygens (including phenoxy) is 2. The Hall–Kier alpha value is -7.40. The summed E-state index contributed by atoms with van der Waals surface area (Å²) in [5.74, 6) is 2.34. The van der Waals surface area contributed by atoms with Gasteiger partial charge in [0.1, 0.15) is 11.5 Å². The Morgan fingerprint density at radius 3 is 2.11 bits per heavy atom. The van der Waals surface area contributed by atoms with E-state index in [1.807, 2.05) is 78.9 Å². The molecule has 0 amide bonds. The smallest absolute Gasteiger partial charge is 0.510 e. The van der Waals surface area contributed by atoms with E-state index in [-0.39, 0.29) is 61.1 Å². The number of para-hydroxylation sites is 4. The number of hydrogen-bond donors (Lipinski definition) is 0. The van der Waals surface area contributed by atoms with Crippen LogP contribution in [0.5, 0.6) is 23.0 Å². The first-order valence-corrected chi connectivity index (χ1v) is 21.2. The molecule has 3 heterocycles. The molecule has 0 spiro atoms. The van der Waals surface area contributed by atoms with Crippen molar-refractivity contribution in [3.05, 3.63) is 224 Å². The van der Waals surface area contributed by atoms with E-state index in [9.17, 15) is 0 Å². The number of aromatic nitrogens is 2. The van der Waals surface area contributed by atoms with Gasteiger partial charge in [0.25, 0.3) is 6.33 Å². The van der Waals surface area contributed by atoms with E-state index < -0.39 is 60.4 Å². The van der Waals surface area contributed by atoms with Crippen LogP contribution in [0, 0.1) is 24.5 Å². The zero-order valence-corrected chi connectivity index (χ0v) is 38.0. The van der Waals surface area contributed by atoms with Crippen molar-refractivity contribution in [2.24, 2.45) is 0 Å². The second kappa shape index (κ2) is 16.5. The number of nitrogens with zero attached hydrogens (tertiary/aromatic N) is 3. The van der Waals surface area contributed by atoms with Crippen LogP contribution in [0.3, 0.4) is 0 Å². The van der Waals surface area contributed by atoms with Gasteiger partial charge in [-0.3, -0.25) is 4.57 Å².